The molecule has 1 heterocycles. The summed E-state index contributed by atoms with van der Waals surface area (Å²) in [5, 5.41) is 15.5. The van der Waals surface area contributed by atoms with E-state index in [0.717, 1.165) is 27.6 Å². The number of phenolic OH excluding ortho intramolecular Hbond substituents is 1. The minimum absolute atomic E-state index is 0.324. The van der Waals surface area contributed by atoms with Crippen LogP contribution in [0.5, 0.6) is 5.75 Å². The average Bonchev–Trinajstić information content (AvgIpc) is 2.48. The van der Waals surface area contributed by atoms with Crippen molar-refractivity contribution in [2.45, 2.75) is 13.5 Å². The normalized spacial score (nSPS) is 10.7. The second-order valence-corrected chi connectivity index (χ2v) is 4.89. The number of hydrogen-bond acceptors (Lipinski definition) is 3. The van der Waals surface area contributed by atoms with Crippen molar-refractivity contribution in [1.29, 1.82) is 0 Å². The molecular formula is C17H16N2O. The van der Waals surface area contributed by atoms with Gasteiger partial charge in [0.1, 0.15) is 5.75 Å². The summed E-state index contributed by atoms with van der Waals surface area (Å²) in [6, 6.07) is 13.7. The largest absolute Gasteiger partial charge is 0.508 e. The van der Waals surface area contributed by atoms with Crippen LogP contribution < -0.4 is 5.32 Å². The van der Waals surface area contributed by atoms with Crippen LogP contribution in [0.4, 0.5) is 5.69 Å². The van der Waals surface area contributed by atoms with Gasteiger partial charge in [0.15, 0.2) is 0 Å². The number of aryl methyl sites for hydroxylation is 1. The summed E-state index contributed by atoms with van der Waals surface area (Å²) in [4.78, 5) is 4.13. The summed E-state index contributed by atoms with van der Waals surface area (Å²) >= 11 is 0. The number of nitrogens with one attached hydrogen (secondary N) is 1. The van der Waals surface area contributed by atoms with Gasteiger partial charge in [0.25, 0.3) is 0 Å². The van der Waals surface area contributed by atoms with E-state index in [-0.39, 0.29) is 0 Å². The number of pyridine rings is 1. The lowest BCUT2D eigenvalue weighted by molar-refractivity contribution is 0.469. The Hall–Kier alpha value is -2.55. The minimum atomic E-state index is 0.324. The van der Waals surface area contributed by atoms with Crippen molar-refractivity contribution >= 4 is 16.5 Å². The van der Waals surface area contributed by atoms with E-state index in [1.165, 1.54) is 0 Å². The Bertz CT molecular complexity index is 748. The van der Waals surface area contributed by atoms with Gasteiger partial charge >= 0.3 is 0 Å². The van der Waals surface area contributed by atoms with Crippen molar-refractivity contribution in [3.63, 3.8) is 0 Å². The first-order valence-electron chi connectivity index (χ1n) is 6.59. The molecule has 0 aliphatic rings. The zero-order valence-corrected chi connectivity index (χ0v) is 11.3. The van der Waals surface area contributed by atoms with Crippen LogP contribution in [0.1, 0.15) is 11.1 Å². The summed E-state index contributed by atoms with van der Waals surface area (Å²) < 4.78 is 0. The molecule has 1 aromatic heterocycles. The van der Waals surface area contributed by atoms with E-state index in [9.17, 15) is 5.11 Å². The Morgan fingerprint density at radius 2 is 2.05 bits per heavy atom. The van der Waals surface area contributed by atoms with Gasteiger partial charge < -0.3 is 10.4 Å². The number of fused-ring (bicyclic) bond motifs is 1. The lowest BCUT2D eigenvalue weighted by Crippen LogP contribution is -2.00. The first kappa shape index (κ1) is 12.5. The van der Waals surface area contributed by atoms with Crippen LogP contribution >= 0.6 is 0 Å². The van der Waals surface area contributed by atoms with Crippen molar-refractivity contribution in [1.82, 2.24) is 4.98 Å². The SMILES string of the molecule is Cc1ccc(O)c(CNc2cccc3cnccc23)c1. The van der Waals surface area contributed by atoms with Crippen LogP contribution in [0.15, 0.2) is 54.9 Å². The maximum Gasteiger partial charge on any atom is 0.120 e. The number of hydrogen-bond donors (Lipinski definition) is 2. The van der Waals surface area contributed by atoms with E-state index in [1.807, 2.05) is 49.5 Å². The topological polar surface area (TPSA) is 45.1 Å². The molecule has 0 spiro atoms. The molecule has 3 heteroatoms. The highest BCUT2D eigenvalue weighted by molar-refractivity contribution is 5.93. The molecule has 0 bridgehead atoms. The molecule has 0 aliphatic carbocycles. The van der Waals surface area contributed by atoms with E-state index in [0.29, 0.717) is 12.3 Å². The van der Waals surface area contributed by atoms with Crippen LogP contribution in [0.3, 0.4) is 0 Å². The molecule has 3 aromatic rings. The lowest BCUT2D eigenvalue weighted by Gasteiger charge is -2.11. The number of nitrogens with zero attached hydrogens (tertiary/aromatic N) is 1. The van der Waals surface area contributed by atoms with Crippen molar-refractivity contribution in [2.24, 2.45) is 0 Å². The fraction of sp³-hybridized carbons (Fsp3) is 0.118. The number of anilines is 1. The molecule has 0 saturated carbocycles. The van der Waals surface area contributed by atoms with E-state index < -0.39 is 0 Å². The smallest absolute Gasteiger partial charge is 0.120 e. The summed E-state index contributed by atoms with van der Waals surface area (Å²) in [7, 11) is 0. The van der Waals surface area contributed by atoms with Gasteiger partial charge in [-0.1, -0.05) is 29.8 Å². The average molecular weight is 264 g/mol. The highest BCUT2D eigenvalue weighted by Crippen LogP contribution is 2.24. The summed E-state index contributed by atoms with van der Waals surface area (Å²) in [6.07, 6.45) is 3.64. The third-order valence-electron chi connectivity index (χ3n) is 3.39. The fourth-order valence-electron chi connectivity index (χ4n) is 2.32. The minimum Gasteiger partial charge on any atom is -0.508 e. The monoisotopic (exact) mass is 264 g/mol. The Morgan fingerprint density at radius 3 is 2.95 bits per heavy atom. The molecule has 20 heavy (non-hydrogen) atoms. The maximum absolute atomic E-state index is 9.88. The maximum atomic E-state index is 9.88. The Kier molecular flexibility index (Phi) is 3.25. The van der Waals surface area contributed by atoms with Gasteiger partial charge in [0.05, 0.1) is 0 Å². The Morgan fingerprint density at radius 1 is 1.15 bits per heavy atom. The van der Waals surface area contributed by atoms with Crippen molar-refractivity contribution in [2.75, 3.05) is 5.32 Å². The lowest BCUT2D eigenvalue weighted by atomic mass is 10.1. The number of aromatic nitrogens is 1. The molecule has 2 N–H and O–H groups in total. The van der Waals surface area contributed by atoms with E-state index in [4.69, 9.17) is 0 Å². The fourth-order valence-corrected chi connectivity index (χ4v) is 2.32. The number of benzene rings is 2. The first-order valence-corrected chi connectivity index (χ1v) is 6.59. The predicted molar refractivity (Wildman–Crippen MR) is 81.9 cm³/mol. The van der Waals surface area contributed by atoms with Crippen molar-refractivity contribution < 1.29 is 5.11 Å². The predicted octanol–water partition coefficient (Wildman–Crippen LogP) is 3.86. The molecule has 0 atom stereocenters. The molecule has 0 fully saturated rings. The molecule has 0 saturated heterocycles. The third-order valence-corrected chi connectivity index (χ3v) is 3.39. The number of aromatic hydroxyl groups is 1. The van der Waals surface area contributed by atoms with E-state index >= 15 is 0 Å². The molecule has 0 unspecified atom stereocenters. The molecule has 100 valence electrons. The van der Waals surface area contributed by atoms with Gasteiger partial charge in [-0.05, 0) is 25.1 Å². The Labute approximate surface area is 117 Å². The van der Waals surface area contributed by atoms with E-state index in [1.54, 1.807) is 12.3 Å². The van der Waals surface area contributed by atoms with Gasteiger partial charge in [0, 0.05) is 41.0 Å². The van der Waals surface area contributed by atoms with Gasteiger partial charge in [-0.15, -0.1) is 0 Å². The number of rotatable bonds is 3. The zero-order valence-electron chi connectivity index (χ0n) is 11.3. The van der Waals surface area contributed by atoms with Crippen LogP contribution in [0, 0.1) is 6.92 Å². The van der Waals surface area contributed by atoms with Crippen LogP contribution in [-0.2, 0) is 6.54 Å². The van der Waals surface area contributed by atoms with Gasteiger partial charge in [-0.2, -0.15) is 0 Å². The molecular weight excluding hydrogens is 248 g/mol. The van der Waals surface area contributed by atoms with Crippen molar-refractivity contribution in [3.8, 4) is 5.75 Å². The summed E-state index contributed by atoms with van der Waals surface area (Å²) in [6.45, 7) is 2.61. The molecule has 0 aliphatic heterocycles. The van der Waals surface area contributed by atoms with Gasteiger partial charge in [-0.3, -0.25) is 4.98 Å². The second kappa shape index (κ2) is 5.21. The molecule has 0 amide bonds. The molecule has 0 radical (unpaired) electrons. The Balaban J connectivity index is 1.89. The number of phenols is 1. The van der Waals surface area contributed by atoms with Crippen LogP contribution in [0.25, 0.3) is 10.8 Å². The third kappa shape index (κ3) is 2.43. The standard InChI is InChI=1S/C17H16N2O/c1-12-5-6-17(20)14(9-12)11-19-16-4-2-3-13-10-18-8-7-15(13)16/h2-10,19-20H,11H2,1H3. The zero-order chi connectivity index (χ0) is 13.9. The second-order valence-electron chi connectivity index (χ2n) is 4.89. The van der Waals surface area contributed by atoms with Crippen LogP contribution in [-0.4, -0.2) is 10.1 Å². The van der Waals surface area contributed by atoms with Crippen LogP contribution in [0.2, 0.25) is 0 Å². The summed E-state index contributed by atoms with van der Waals surface area (Å²) in [5.41, 5.74) is 3.09. The van der Waals surface area contributed by atoms with E-state index in [2.05, 4.69) is 10.3 Å². The van der Waals surface area contributed by atoms with Gasteiger partial charge in [-0.25, -0.2) is 0 Å². The quantitative estimate of drug-likeness (QED) is 0.755. The van der Waals surface area contributed by atoms with Gasteiger partial charge in [0.2, 0.25) is 0 Å². The molecule has 3 rings (SSSR count). The molecule has 2 aromatic carbocycles. The highest BCUT2D eigenvalue weighted by Gasteiger charge is 2.03. The highest BCUT2D eigenvalue weighted by atomic mass is 16.3. The first-order chi connectivity index (χ1) is 9.74. The summed E-state index contributed by atoms with van der Waals surface area (Å²) in [5.74, 6) is 0.324. The molecule has 3 nitrogen and oxygen atoms in total. The van der Waals surface area contributed by atoms with Crippen molar-refractivity contribution in [3.05, 3.63) is 66.0 Å².